The van der Waals surface area contributed by atoms with Crippen LogP contribution in [0, 0.1) is 0 Å². The number of hydrogen-bond acceptors (Lipinski definition) is 10. The molecule has 8 N–H and O–H groups in total. The van der Waals surface area contributed by atoms with Crippen LogP contribution in [0.25, 0.3) is 0 Å². The summed E-state index contributed by atoms with van der Waals surface area (Å²) in [6, 6.07) is -1.19. The lowest BCUT2D eigenvalue weighted by atomic mass is 9.98. The number of carbonyl (C=O) groups is 1. The Morgan fingerprint density at radius 2 is 0.714 bits per heavy atom. The van der Waals surface area contributed by atoms with Gasteiger partial charge in [-0.3, -0.25) is 4.79 Å². The summed E-state index contributed by atoms with van der Waals surface area (Å²) in [6.45, 7) is 3.49. The van der Waals surface area contributed by atoms with E-state index in [2.05, 4.69) is 55.6 Å². The Morgan fingerprint density at radius 1 is 0.405 bits per heavy atom. The number of amides is 1. The fraction of sp³-hybridized carbons (Fsp3) is 0.904. The van der Waals surface area contributed by atoms with Gasteiger partial charge in [0.25, 0.3) is 0 Å². The molecule has 11 heteroatoms. The Labute approximate surface area is 517 Å². The Kier molecular flexibility index (Phi) is 58.9. The minimum atomic E-state index is -1.67. The van der Waals surface area contributed by atoms with E-state index in [0.717, 1.165) is 44.9 Å². The van der Waals surface area contributed by atoms with Gasteiger partial charge in [-0.2, -0.15) is 0 Å². The largest absolute Gasteiger partial charge is 0.394 e. The molecule has 0 radical (unpaired) electrons. The van der Waals surface area contributed by atoms with Crippen LogP contribution in [-0.2, 0) is 14.3 Å². The fourth-order valence-electron chi connectivity index (χ4n) is 11.8. The second kappa shape index (κ2) is 61.6. The van der Waals surface area contributed by atoms with E-state index in [0.29, 0.717) is 19.3 Å². The minimum absolute atomic E-state index is 0.243. The van der Waals surface area contributed by atoms with Crippen LogP contribution in [0.5, 0.6) is 0 Å². The van der Waals surface area contributed by atoms with Gasteiger partial charge in [-0.25, -0.2) is 0 Å². The number of aliphatic hydroxyl groups excluding tert-OH is 7. The first-order valence-corrected chi connectivity index (χ1v) is 36.4. The Balaban J connectivity index is 2.22. The maximum Gasteiger partial charge on any atom is 0.249 e. The summed E-state index contributed by atoms with van der Waals surface area (Å²) in [5.41, 5.74) is 0. The molecule has 0 saturated carbocycles. The molecule has 84 heavy (non-hydrogen) atoms. The molecule has 9 atom stereocenters. The summed E-state index contributed by atoms with van der Waals surface area (Å²) in [7, 11) is 0. The molecule has 1 amide bonds. The summed E-state index contributed by atoms with van der Waals surface area (Å²) in [5.74, 6) is -0.706. The molecule has 496 valence electrons. The number of nitrogens with one attached hydrogen (secondary N) is 1. The van der Waals surface area contributed by atoms with Crippen molar-refractivity contribution >= 4 is 5.91 Å². The number of carbonyl (C=O) groups excluding carboxylic acids is 1. The molecule has 0 bridgehead atoms. The maximum absolute atomic E-state index is 13.3. The second-order valence-electron chi connectivity index (χ2n) is 25.6. The van der Waals surface area contributed by atoms with Gasteiger partial charge in [-0.1, -0.05) is 326 Å². The third-order valence-electron chi connectivity index (χ3n) is 17.7. The SMILES string of the molecule is CCCCCCCCCCCCCCCCC/C=C/CC/C=C/CC/C=C/CCCC(O)C(O)C(COC1OC(CO)C(O)C(O)C1O)NC(=O)C(O)CCCCCCCCCCCCCCCCCCCCCCCCCCCCCCC. The van der Waals surface area contributed by atoms with Crippen LogP contribution in [0.4, 0.5) is 0 Å². The standard InChI is InChI=1S/C73H139NO10/c1-3-5-7-9-11-13-15-17-19-21-23-25-27-29-31-33-35-37-39-41-43-45-47-49-51-53-55-57-59-61-66(77)72(82)74-64(63-83-73-71(81)70(80)69(79)67(62-75)84-73)68(78)65(76)60-58-56-54-52-50-48-46-44-42-40-38-36-34-32-30-28-26-24-22-20-18-16-14-12-10-8-6-4-2/h36,38,44,46,52,54,64-71,73,75-81H,3-35,37,39-43,45,47-51,53,55-63H2,1-2H3,(H,74,82)/b38-36+,46-44+,54-52+. The predicted molar refractivity (Wildman–Crippen MR) is 353 cm³/mol. The first-order chi connectivity index (χ1) is 41.2. The van der Waals surface area contributed by atoms with Crippen molar-refractivity contribution in [3.05, 3.63) is 36.5 Å². The molecule has 0 aliphatic carbocycles. The van der Waals surface area contributed by atoms with E-state index in [4.69, 9.17) is 9.47 Å². The zero-order valence-corrected chi connectivity index (χ0v) is 54.9. The van der Waals surface area contributed by atoms with Crippen LogP contribution in [0.15, 0.2) is 36.5 Å². The van der Waals surface area contributed by atoms with Crippen LogP contribution in [0.2, 0.25) is 0 Å². The van der Waals surface area contributed by atoms with Gasteiger partial charge in [0, 0.05) is 0 Å². The average molecular weight is 1190 g/mol. The number of allylic oxidation sites excluding steroid dienone is 6. The molecule has 1 fully saturated rings. The van der Waals surface area contributed by atoms with Gasteiger partial charge in [0.1, 0.15) is 36.6 Å². The Morgan fingerprint density at radius 3 is 1.06 bits per heavy atom. The lowest BCUT2D eigenvalue weighted by molar-refractivity contribution is -0.303. The fourth-order valence-corrected chi connectivity index (χ4v) is 11.8. The quantitative estimate of drug-likeness (QED) is 0.0215. The van der Waals surface area contributed by atoms with E-state index < -0.39 is 74.2 Å². The van der Waals surface area contributed by atoms with Crippen molar-refractivity contribution in [2.45, 2.75) is 409 Å². The number of ether oxygens (including phenoxy) is 2. The lowest BCUT2D eigenvalue weighted by Crippen LogP contribution is -2.60. The van der Waals surface area contributed by atoms with E-state index >= 15 is 0 Å². The first kappa shape index (κ1) is 80.3. The smallest absolute Gasteiger partial charge is 0.249 e. The molecule has 1 saturated heterocycles. The van der Waals surface area contributed by atoms with E-state index in [1.165, 1.54) is 263 Å². The topological polar surface area (TPSA) is 189 Å². The molecule has 1 heterocycles. The van der Waals surface area contributed by atoms with Crippen LogP contribution in [-0.4, -0.2) is 110 Å². The third kappa shape index (κ3) is 48.3. The molecule has 1 rings (SSSR count). The molecule has 0 aromatic heterocycles. The van der Waals surface area contributed by atoms with Crippen molar-refractivity contribution in [3.63, 3.8) is 0 Å². The van der Waals surface area contributed by atoms with Crippen molar-refractivity contribution in [1.82, 2.24) is 5.32 Å². The van der Waals surface area contributed by atoms with Crippen molar-refractivity contribution in [2.75, 3.05) is 13.2 Å². The number of unbranched alkanes of at least 4 members (excludes halogenated alkanes) is 46. The molecule has 0 aromatic rings. The van der Waals surface area contributed by atoms with Gasteiger partial charge >= 0.3 is 0 Å². The second-order valence-corrected chi connectivity index (χ2v) is 25.6. The van der Waals surface area contributed by atoms with Gasteiger partial charge in [-0.15, -0.1) is 0 Å². The number of aliphatic hydroxyl groups is 7. The van der Waals surface area contributed by atoms with Crippen molar-refractivity contribution in [2.24, 2.45) is 0 Å². The Bertz CT molecular complexity index is 1460. The molecule has 11 nitrogen and oxygen atoms in total. The van der Waals surface area contributed by atoms with E-state index in [-0.39, 0.29) is 12.8 Å². The molecule has 1 aliphatic heterocycles. The average Bonchev–Trinajstić information content (AvgIpc) is 3.66. The van der Waals surface area contributed by atoms with Crippen molar-refractivity contribution < 1.29 is 50.0 Å². The van der Waals surface area contributed by atoms with Crippen LogP contribution in [0.1, 0.15) is 354 Å². The van der Waals surface area contributed by atoms with Gasteiger partial charge < -0.3 is 50.5 Å². The lowest BCUT2D eigenvalue weighted by Gasteiger charge is -2.40. The van der Waals surface area contributed by atoms with Gasteiger partial charge in [0.15, 0.2) is 6.29 Å². The minimum Gasteiger partial charge on any atom is -0.394 e. The van der Waals surface area contributed by atoms with Gasteiger partial charge in [-0.05, 0) is 64.2 Å². The summed E-state index contributed by atoms with van der Waals surface area (Å²) < 4.78 is 11.2. The summed E-state index contributed by atoms with van der Waals surface area (Å²) >= 11 is 0. The zero-order valence-electron chi connectivity index (χ0n) is 54.9. The summed E-state index contributed by atoms with van der Waals surface area (Å²) in [4.78, 5) is 13.3. The summed E-state index contributed by atoms with van der Waals surface area (Å²) in [6.07, 6.45) is 68.1. The molecular weight excluding hydrogens is 1050 g/mol. The van der Waals surface area contributed by atoms with E-state index in [1.54, 1.807) is 0 Å². The predicted octanol–water partition coefficient (Wildman–Crippen LogP) is 17.8. The molecule has 0 aromatic carbocycles. The highest BCUT2D eigenvalue weighted by Gasteiger charge is 2.44. The zero-order chi connectivity index (χ0) is 61.0. The monoisotopic (exact) mass is 1190 g/mol. The first-order valence-electron chi connectivity index (χ1n) is 36.4. The highest BCUT2D eigenvalue weighted by atomic mass is 16.7. The van der Waals surface area contributed by atoms with E-state index in [9.17, 15) is 40.5 Å². The van der Waals surface area contributed by atoms with Crippen molar-refractivity contribution in [1.29, 1.82) is 0 Å². The molecular formula is C73H139NO10. The summed E-state index contributed by atoms with van der Waals surface area (Å²) in [5, 5.41) is 76.5. The Hall–Kier alpha value is -1.67. The highest BCUT2D eigenvalue weighted by molar-refractivity contribution is 5.80. The number of hydrogen-bond donors (Lipinski definition) is 8. The van der Waals surface area contributed by atoms with Gasteiger partial charge in [0.2, 0.25) is 5.91 Å². The molecule has 9 unspecified atom stereocenters. The highest BCUT2D eigenvalue weighted by Crippen LogP contribution is 2.24. The molecule has 1 aliphatic rings. The van der Waals surface area contributed by atoms with Crippen LogP contribution in [0.3, 0.4) is 0 Å². The normalized spacial score (nSPS) is 19.1. The maximum atomic E-state index is 13.3. The van der Waals surface area contributed by atoms with Crippen LogP contribution < -0.4 is 5.32 Å². The van der Waals surface area contributed by atoms with Crippen LogP contribution >= 0.6 is 0 Å². The molecule has 0 spiro atoms. The van der Waals surface area contributed by atoms with Crippen molar-refractivity contribution in [3.8, 4) is 0 Å². The number of rotatable bonds is 64. The van der Waals surface area contributed by atoms with Gasteiger partial charge in [0.05, 0.1) is 25.4 Å². The third-order valence-corrected chi connectivity index (χ3v) is 17.7. The van der Waals surface area contributed by atoms with E-state index in [1.807, 2.05) is 0 Å².